The number of hydrogen-bond acceptors (Lipinski definition) is 8. The number of fused-ring (bicyclic) bond motifs is 1. The predicted octanol–water partition coefficient (Wildman–Crippen LogP) is 4.26. The summed E-state index contributed by atoms with van der Waals surface area (Å²) in [5.41, 5.74) is 0.834. The number of carbonyl (C=O) groups is 3. The summed E-state index contributed by atoms with van der Waals surface area (Å²) in [6.07, 6.45) is 8.26. The van der Waals surface area contributed by atoms with Gasteiger partial charge in [0, 0.05) is 53.3 Å². The molecule has 2 amide bonds. The van der Waals surface area contributed by atoms with Crippen molar-refractivity contribution in [1.29, 1.82) is 0 Å². The van der Waals surface area contributed by atoms with Crippen LogP contribution >= 0.6 is 0 Å². The quantitative estimate of drug-likeness (QED) is 0.177. The molecule has 0 bridgehead atoms. The minimum Gasteiger partial charge on any atom is -0.443 e. The maximum Gasteiger partial charge on any atom is 0.419 e. The average Bonchev–Trinajstić information content (AvgIpc) is 3.73. The van der Waals surface area contributed by atoms with Crippen LogP contribution in [0.3, 0.4) is 0 Å². The van der Waals surface area contributed by atoms with Crippen molar-refractivity contribution in [2.45, 2.75) is 71.8 Å². The lowest BCUT2D eigenvalue weighted by atomic mass is 9.98. The van der Waals surface area contributed by atoms with E-state index in [1.165, 1.54) is 21.4 Å². The molecule has 13 nitrogen and oxygen atoms in total. The molecule has 4 heterocycles. The number of hydrogen-bond donors (Lipinski definition) is 1. The first-order valence-corrected chi connectivity index (χ1v) is 22.6. The molecule has 1 atom stereocenters. The molecule has 1 saturated heterocycles. The summed E-state index contributed by atoms with van der Waals surface area (Å²) >= 11 is 0. The van der Waals surface area contributed by atoms with E-state index >= 15 is 0 Å². The summed E-state index contributed by atoms with van der Waals surface area (Å²) in [6.45, 7) is 15.9. The summed E-state index contributed by atoms with van der Waals surface area (Å²) in [5.74, 6) is -0.854. The number of aromatic nitrogens is 4. The molecule has 0 radical (unpaired) electrons. The Labute approximate surface area is 322 Å². The Balaban J connectivity index is 1.39. The Hall–Kier alpha value is -5.05. The topological polar surface area (TPSA) is 133 Å². The first-order chi connectivity index (χ1) is 26.0. The predicted molar refractivity (Wildman–Crippen MR) is 216 cm³/mol. The summed E-state index contributed by atoms with van der Waals surface area (Å²) in [7, 11) is 0.627. The third-order valence-electron chi connectivity index (χ3n) is 9.65. The highest BCUT2D eigenvalue weighted by molar-refractivity contribution is 6.76. The maximum atomic E-state index is 14.3. The highest BCUT2D eigenvalue weighted by Crippen LogP contribution is 2.22. The summed E-state index contributed by atoms with van der Waals surface area (Å²) in [4.78, 5) is 60.0. The van der Waals surface area contributed by atoms with Crippen LogP contribution in [0.2, 0.25) is 25.7 Å². The second-order valence-electron chi connectivity index (χ2n) is 16.7. The summed E-state index contributed by atoms with van der Waals surface area (Å²) in [6, 6.07) is 14.0. The normalized spacial score (nSPS) is 16.2. The molecule has 14 heteroatoms. The fraction of sp³-hybridized carbons (Fsp3) is 0.439. The molecular formula is C41H53N7O6Si. The third kappa shape index (κ3) is 9.98. The second-order valence-corrected chi connectivity index (χ2v) is 22.3. The van der Waals surface area contributed by atoms with E-state index < -0.39 is 37.2 Å². The van der Waals surface area contributed by atoms with Crippen molar-refractivity contribution >= 4 is 43.8 Å². The van der Waals surface area contributed by atoms with E-state index in [4.69, 9.17) is 9.47 Å². The lowest BCUT2D eigenvalue weighted by Gasteiger charge is -2.34. The van der Waals surface area contributed by atoms with E-state index in [1.54, 1.807) is 43.9 Å². The number of nitrogens with zero attached hydrogens (tertiary/aromatic N) is 6. The second kappa shape index (κ2) is 16.4. The summed E-state index contributed by atoms with van der Waals surface area (Å²) in [5, 5.41) is 8.50. The number of anilines is 1. The van der Waals surface area contributed by atoms with Gasteiger partial charge >= 0.3 is 6.09 Å². The zero-order valence-corrected chi connectivity index (χ0v) is 34.0. The molecule has 6 rings (SSSR count). The van der Waals surface area contributed by atoms with Crippen molar-refractivity contribution in [1.82, 2.24) is 28.7 Å². The van der Waals surface area contributed by atoms with Crippen LogP contribution in [-0.4, -0.2) is 100 Å². The van der Waals surface area contributed by atoms with Crippen LogP contribution in [0.1, 0.15) is 43.1 Å². The minimum absolute atomic E-state index is 0.0325. The van der Waals surface area contributed by atoms with Crippen LogP contribution in [0.4, 0.5) is 10.5 Å². The van der Waals surface area contributed by atoms with Crippen molar-refractivity contribution in [3.63, 3.8) is 0 Å². The third-order valence-corrected chi connectivity index (χ3v) is 11.4. The molecule has 3 aromatic heterocycles. The van der Waals surface area contributed by atoms with Gasteiger partial charge in [-0.2, -0.15) is 5.10 Å². The van der Waals surface area contributed by atoms with Crippen molar-refractivity contribution in [2.75, 3.05) is 45.2 Å². The van der Waals surface area contributed by atoms with E-state index in [-0.39, 0.29) is 29.5 Å². The number of ether oxygens (including phenoxy) is 2. The van der Waals surface area contributed by atoms with Gasteiger partial charge < -0.3 is 24.6 Å². The smallest absolute Gasteiger partial charge is 0.419 e. The van der Waals surface area contributed by atoms with Gasteiger partial charge in [0.05, 0.1) is 46.5 Å². The van der Waals surface area contributed by atoms with E-state index in [2.05, 4.69) is 35.0 Å². The van der Waals surface area contributed by atoms with Crippen LogP contribution in [0.25, 0.3) is 23.4 Å². The minimum atomic E-state index is -1.42. The van der Waals surface area contributed by atoms with Crippen molar-refractivity contribution in [3.05, 3.63) is 93.1 Å². The van der Waals surface area contributed by atoms with Crippen molar-refractivity contribution in [2.24, 2.45) is 5.92 Å². The van der Waals surface area contributed by atoms with Gasteiger partial charge in [0.25, 0.3) is 11.5 Å². The van der Waals surface area contributed by atoms with Gasteiger partial charge in [-0.25, -0.2) is 9.36 Å². The van der Waals surface area contributed by atoms with Crippen LogP contribution in [-0.2, 0) is 27.5 Å². The number of likely N-dealkylation sites (N-methyl/N-ethyl adjacent to an activating group) is 1. The van der Waals surface area contributed by atoms with Gasteiger partial charge in [0.2, 0.25) is 5.91 Å². The fourth-order valence-electron chi connectivity index (χ4n) is 6.62. The molecule has 4 aromatic rings. The SMILES string of the molecule is CN1CCN(C(=O)C2C=c3cc(-c4cc(C(=O)Nc5cnn(Cc6ccccc6)c5)cn(COCC[Si](C)(C)C)c4=O)n(C(=O)OC(C)(C)C)c3=CC2)CC1. The molecular weight excluding hydrogens is 715 g/mol. The van der Waals surface area contributed by atoms with Crippen LogP contribution in [0.5, 0.6) is 0 Å². The lowest BCUT2D eigenvalue weighted by molar-refractivity contribution is -0.134. The molecule has 2 aliphatic rings. The number of piperazine rings is 1. The van der Waals surface area contributed by atoms with E-state index in [0.29, 0.717) is 48.9 Å². The Bertz CT molecular complexity index is 2220. The zero-order valence-electron chi connectivity index (χ0n) is 33.0. The van der Waals surface area contributed by atoms with Crippen LogP contribution < -0.4 is 21.4 Å². The van der Waals surface area contributed by atoms with Gasteiger partial charge in [-0.3, -0.25) is 23.6 Å². The van der Waals surface area contributed by atoms with Crippen molar-refractivity contribution < 1.29 is 23.9 Å². The number of amides is 2. The Morgan fingerprint density at radius 2 is 1.73 bits per heavy atom. The fourth-order valence-corrected chi connectivity index (χ4v) is 7.37. The molecule has 1 fully saturated rings. The first-order valence-electron chi connectivity index (χ1n) is 18.9. The largest absolute Gasteiger partial charge is 0.443 e. The van der Waals surface area contributed by atoms with Crippen LogP contribution in [0.15, 0.2) is 65.8 Å². The Morgan fingerprint density at radius 1 is 1.00 bits per heavy atom. The Kier molecular flexibility index (Phi) is 11.8. The monoisotopic (exact) mass is 767 g/mol. The van der Waals surface area contributed by atoms with Gasteiger partial charge in [-0.05, 0) is 63.2 Å². The molecule has 0 spiro atoms. The molecule has 1 aliphatic carbocycles. The van der Waals surface area contributed by atoms with Gasteiger partial charge in [-0.15, -0.1) is 0 Å². The molecule has 1 aliphatic heterocycles. The number of nitrogens with one attached hydrogen (secondary N) is 1. The molecule has 55 heavy (non-hydrogen) atoms. The number of pyridine rings is 1. The molecule has 292 valence electrons. The van der Waals surface area contributed by atoms with Gasteiger partial charge in [0.15, 0.2) is 0 Å². The van der Waals surface area contributed by atoms with Crippen molar-refractivity contribution in [3.8, 4) is 11.3 Å². The number of carbonyl (C=O) groups excluding carboxylic acids is 3. The van der Waals surface area contributed by atoms with Gasteiger partial charge in [0.1, 0.15) is 12.3 Å². The van der Waals surface area contributed by atoms with E-state index in [9.17, 15) is 19.2 Å². The number of rotatable bonds is 11. The molecule has 1 aromatic carbocycles. The molecule has 1 unspecified atom stereocenters. The highest BCUT2D eigenvalue weighted by Gasteiger charge is 2.29. The Morgan fingerprint density at radius 3 is 2.42 bits per heavy atom. The maximum absolute atomic E-state index is 14.3. The molecule has 1 N–H and O–H groups in total. The van der Waals surface area contributed by atoms with E-state index in [1.807, 2.05) is 54.4 Å². The first kappa shape index (κ1) is 39.6. The summed E-state index contributed by atoms with van der Waals surface area (Å²) < 4.78 is 16.4. The van der Waals surface area contributed by atoms with E-state index in [0.717, 1.165) is 24.7 Å². The van der Waals surface area contributed by atoms with Crippen LogP contribution in [0, 0.1) is 5.92 Å². The lowest BCUT2D eigenvalue weighted by Crippen LogP contribution is -2.49. The standard InChI is InChI=1S/C41H53N7O6Si/c1-41(2,3)54-40(52)48-35-14-13-30(38(50)45-17-15-44(4)16-18-45)21-31(35)23-36(48)34-22-32(26-46(39(34)51)28-53-19-20-55(5,6)7)37(49)43-33-24-42-47(27-33)25-29-11-9-8-10-12-29/h8-12,14,21-24,26-27,30H,13,15-20,25,28H2,1-7H3,(H,43,49). The molecule has 0 saturated carbocycles. The van der Waals surface area contributed by atoms with Gasteiger partial charge in [-0.1, -0.05) is 62.1 Å². The highest BCUT2D eigenvalue weighted by atomic mass is 28.3. The zero-order chi connectivity index (χ0) is 39.5. The number of benzene rings is 1. The average molecular weight is 768 g/mol.